The lowest BCUT2D eigenvalue weighted by molar-refractivity contribution is 0.204. The number of benzene rings is 1. The first-order valence-electron chi connectivity index (χ1n) is 5.87. The van der Waals surface area contributed by atoms with Crippen molar-refractivity contribution in [3.63, 3.8) is 0 Å². The standard InChI is InChI=1S/C13H20FN3O/c1-9(2)17(7-8-18-3)11-6-4-5-10(14)12(11)13(15)16/h4-6,9H,7-8H2,1-3H3,(H3,15,16). The number of hydrogen-bond donors (Lipinski definition) is 2. The molecule has 0 fully saturated rings. The van der Waals surface area contributed by atoms with E-state index < -0.39 is 5.82 Å². The van der Waals surface area contributed by atoms with Crippen molar-refractivity contribution in [1.82, 2.24) is 0 Å². The number of nitrogens with two attached hydrogens (primary N) is 1. The molecule has 0 saturated heterocycles. The summed E-state index contributed by atoms with van der Waals surface area (Å²) >= 11 is 0. The van der Waals surface area contributed by atoms with Gasteiger partial charge in [-0.15, -0.1) is 0 Å². The Hall–Kier alpha value is -1.62. The van der Waals surface area contributed by atoms with E-state index in [9.17, 15) is 4.39 Å². The Morgan fingerprint density at radius 1 is 1.50 bits per heavy atom. The molecule has 0 radical (unpaired) electrons. The Morgan fingerprint density at radius 3 is 2.67 bits per heavy atom. The van der Waals surface area contributed by atoms with E-state index in [2.05, 4.69) is 0 Å². The van der Waals surface area contributed by atoms with Gasteiger partial charge in [-0.05, 0) is 26.0 Å². The number of ether oxygens (including phenoxy) is 1. The van der Waals surface area contributed by atoms with Gasteiger partial charge in [0, 0.05) is 19.7 Å². The average molecular weight is 253 g/mol. The Labute approximate surface area is 107 Å². The van der Waals surface area contributed by atoms with Crippen molar-refractivity contribution in [2.45, 2.75) is 19.9 Å². The first-order valence-corrected chi connectivity index (χ1v) is 5.87. The van der Waals surface area contributed by atoms with Gasteiger partial charge in [0.25, 0.3) is 0 Å². The van der Waals surface area contributed by atoms with Crippen molar-refractivity contribution in [1.29, 1.82) is 5.41 Å². The normalized spacial score (nSPS) is 10.7. The largest absolute Gasteiger partial charge is 0.384 e. The van der Waals surface area contributed by atoms with E-state index in [4.69, 9.17) is 15.9 Å². The summed E-state index contributed by atoms with van der Waals surface area (Å²) in [7, 11) is 1.62. The van der Waals surface area contributed by atoms with Crippen molar-refractivity contribution < 1.29 is 9.13 Å². The summed E-state index contributed by atoms with van der Waals surface area (Å²) in [5.41, 5.74) is 6.26. The highest BCUT2D eigenvalue weighted by molar-refractivity contribution is 6.00. The van der Waals surface area contributed by atoms with Crippen LogP contribution in [0.25, 0.3) is 0 Å². The van der Waals surface area contributed by atoms with Gasteiger partial charge >= 0.3 is 0 Å². The van der Waals surface area contributed by atoms with Gasteiger partial charge in [0.2, 0.25) is 0 Å². The molecule has 0 amide bonds. The molecule has 0 saturated carbocycles. The van der Waals surface area contributed by atoms with Crippen LogP contribution in [-0.4, -0.2) is 32.1 Å². The molecule has 0 heterocycles. The molecule has 1 aromatic carbocycles. The number of hydrogen-bond acceptors (Lipinski definition) is 3. The Bertz CT molecular complexity index is 421. The van der Waals surface area contributed by atoms with Crippen LogP contribution in [0, 0.1) is 11.2 Å². The minimum Gasteiger partial charge on any atom is -0.384 e. The van der Waals surface area contributed by atoms with Crippen LogP contribution in [-0.2, 0) is 4.74 Å². The molecule has 0 bridgehead atoms. The second kappa shape index (κ2) is 6.35. The van der Waals surface area contributed by atoms with Gasteiger partial charge < -0.3 is 15.4 Å². The maximum absolute atomic E-state index is 13.8. The van der Waals surface area contributed by atoms with E-state index in [0.717, 1.165) is 0 Å². The van der Waals surface area contributed by atoms with Crippen molar-refractivity contribution in [3.8, 4) is 0 Å². The maximum atomic E-state index is 13.8. The Kier molecular flexibility index (Phi) is 5.09. The predicted molar refractivity (Wildman–Crippen MR) is 71.8 cm³/mol. The van der Waals surface area contributed by atoms with Gasteiger partial charge in [-0.3, -0.25) is 5.41 Å². The number of anilines is 1. The van der Waals surface area contributed by atoms with Gasteiger partial charge in [0.05, 0.1) is 17.9 Å². The van der Waals surface area contributed by atoms with E-state index in [1.807, 2.05) is 18.7 Å². The lowest BCUT2D eigenvalue weighted by Crippen LogP contribution is -2.35. The summed E-state index contributed by atoms with van der Waals surface area (Å²) in [5, 5.41) is 7.51. The quantitative estimate of drug-likeness (QED) is 0.602. The highest BCUT2D eigenvalue weighted by Gasteiger charge is 2.18. The SMILES string of the molecule is COCCN(c1cccc(F)c1C(=N)N)C(C)C. The first-order chi connectivity index (χ1) is 8.49. The topological polar surface area (TPSA) is 62.3 Å². The number of nitrogens with one attached hydrogen (secondary N) is 1. The number of rotatable bonds is 6. The second-order valence-corrected chi connectivity index (χ2v) is 4.33. The maximum Gasteiger partial charge on any atom is 0.136 e. The minimum atomic E-state index is -0.469. The molecule has 1 rings (SSSR count). The summed E-state index contributed by atoms with van der Waals surface area (Å²) in [6, 6.07) is 4.88. The zero-order valence-electron chi connectivity index (χ0n) is 11.0. The molecule has 18 heavy (non-hydrogen) atoms. The first kappa shape index (κ1) is 14.4. The summed E-state index contributed by atoms with van der Waals surface area (Å²) < 4.78 is 18.8. The Balaban J connectivity index is 3.19. The molecular formula is C13H20FN3O. The van der Waals surface area contributed by atoms with E-state index in [1.54, 1.807) is 19.2 Å². The predicted octanol–water partition coefficient (Wildman–Crippen LogP) is 1.97. The molecule has 4 nitrogen and oxygen atoms in total. The van der Waals surface area contributed by atoms with Crippen LogP contribution in [0.4, 0.5) is 10.1 Å². The number of nitrogens with zero attached hydrogens (tertiary/aromatic N) is 1. The van der Waals surface area contributed by atoms with E-state index in [-0.39, 0.29) is 17.4 Å². The summed E-state index contributed by atoms with van der Waals surface area (Å²) in [6.07, 6.45) is 0. The third kappa shape index (κ3) is 3.20. The van der Waals surface area contributed by atoms with Crippen LogP contribution in [0.2, 0.25) is 0 Å². The van der Waals surface area contributed by atoms with Gasteiger partial charge in [-0.2, -0.15) is 0 Å². The second-order valence-electron chi connectivity index (χ2n) is 4.33. The smallest absolute Gasteiger partial charge is 0.136 e. The van der Waals surface area contributed by atoms with Crippen LogP contribution in [0.5, 0.6) is 0 Å². The molecule has 0 aliphatic carbocycles. The van der Waals surface area contributed by atoms with Gasteiger partial charge in [-0.1, -0.05) is 6.07 Å². The molecule has 0 aromatic heterocycles. The van der Waals surface area contributed by atoms with Crippen molar-refractivity contribution in [2.24, 2.45) is 5.73 Å². The fourth-order valence-electron chi connectivity index (χ4n) is 1.87. The lowest BCUT2D eigenvalue weighted by Gasteiger charge is -2.30. The number of amidine groups is 1. The Morgan fingerprint density at radius 2 is 2.17 bits per heavy atom. The zero-order valence-corrected chi connectivity index (χ0v) is 11.0. The molecule has 0 spiro atoms. The molecule has 0 atom stereocenters. The zero-order chi connectivity index (χ0) is 13.7. The molecule has 100 valence electrons. The number of nitrogen functional groups attached to an aromatic ring is 1. The van der Waals surface area contributed by atoms with E-state index in [1.165, 1.54) is 6.07 Å². The van der Waals surface area contributed by atoms with E-state index >= 15 is 0 Å². The van der Waals surface area contributed by atoms with Crippen molar-refractivity contribution in [2.75, 3.05) is 25.2 Å². The molecule has 5 heteroatoms. The lowest BCUT2D eigenvalue weighted by atomic mass is 10.1. The molecule has 0 aliphatic rings. The van der Waals surface area contributed by atoms with Gasteiger partial charge in [0.15, 0.2) is 0 Å². The summed E-state index contributed by atoms with van der Waals surface area (Å²) in [5.74, 6) is -0.728. The van der Waals surface area contributed by atoms with Crippen LogP contribution in [0.15, 0.2) is 18.2 Å². The van der Waals surface area contributed by atoms with Crippen LogP contribution < -0.4 is 10.6 Å². The molecule has 0 aliphatic heterocycles. The van der Waals surface area contributed by atoms with Crippen LogP contribution >= 0.6 is 0 Å². The van der Waals surface area contributed by atoms with Gasteiger partial charge in [0.1, 0.15) is 11.7 Å². The van der Waals surface area contributed by atoms with Gasteiger partial charge in [-0.25, -0.2) is 4.39 Å². The van der Waals surface area contributed by atoms with Crippen LogP contribution in [0.3, 0.4) is 0 Å². The molecular weight excluding hydrogens is 233 g/mol. The third-order valence-corrected chi connectivity index (χ3v) is 2.73. The highest BCUT2D eigenvalue weighted by Crippen LogP contribution is 2.24. The fraction of sp³-hybridized carbons (Fsp3) is 0.462. The minimum absolute atomic E-state index is 0.155. The van der Waals surface area contributed by atoms with Crippen molar-refractivity contribution >= 4 is 11.5 Å². The summed E-state index contributed by atoms with van der Waals surface area (Å²) in [4.78, 5) is 1.98. The number of methoxy groups -OCH3 is 1. The van der Waals surface area contributed by atoms with E-state index in [0.29, 0.717) is 18.8 Å². The average Bonchev–Trinajstić information content (AvgIpc) is 2.28. The molecule has 0 unspecified atom stereocenters. The molecule has 3 N–H and O–H groups in total. The summed E-state index contributed by atoms with van der Waals surface area (Å²) in [6.45, 7) is 5.17. The number of halogens is 1. The fourth-order valence-corrected chi connectivity index (χ4v) is 1.87. The molecule has 1 aromatic rings. The van der Waals surface area contributed by atoms with Crippen molar-refractivity contribution in [3.05, 3.63) is 29.6 Å². The monoisotopic (exact) mass is 253 g/mol. The third-order valence-electron chi connectivity index (χ3n) is 2.73. The highest BCUT2D eigenvalue weighted by atomic mass is 19.1. The van der Waals surface area contributed by atoms with Crippen LogP contribution in [0.1, 0.15) is 19.4 Å².